The van der Waals surface area contributed by atoms with Crippen molar-refractivity contribution < 1.29 is 0 Å². The minimum atomic E-state index is 0.187. The maximum Gasteiger partial charge on any atom is 0.185 e. The van der Waals surface area contributed by atoms with Gasteiger partial charge in [0.05, 0.1) is 0 Å². The standard InChI is InChI=1S/C14H21N3/c1-14(2)8-7-10(9-17-13(15)16)11-5-3-4-6-12(11)14/h3-6,10H,7-9H2,1-2H3,(H4,15,16,17). The lowest BCUT2D eigenvalue weighted by atomic mass is 9.69. The van der Waals surface area contributed by atoms with Crippen LogP contribution in [0.2, 0.25) is 0 Å². The predicted octanol–water partition coefficient (Wildman–Crippen LogP) is 2.11. The first-order chi connectivity index (χ1) is 8.00. The van der Waals surface area contributed by atoms with Crippen molar-refractivity contribution in [2.75, 3.05) is 6.54 Å². The van der Waals surface area contributed by atoms with Crippen molar-refractivity contribution in [3.63, 3.8) is 0 Å². The van der Waals surface area contributed by atoms with E-state index in [1.54, 1.807) is 0 Å². The average Bonchev–Trinajstić information content (AvgIpc) is 2.28. The van der Waals surface area contributed by atoms with Crippen molar-refractivity contribution in [2.45, 2.75) is 38.0 Å². The van der Waals surface area contributed by atoms with Gasteiger partial charge in [0, 0.05) is 12.5 Å². The zero-order chi connectivity index (χ0) is 12.5. The first kappa shape index (κ1) is 12.0. The maximum atomic E-state index is 5.41. The molecule has 1 aromatic rings. The summed E-state index contributed by atoms with van der Waals surface area (Å²) in [6.45, 7) is 5.32. The van der Waals surface area contributed by atoms with E-state index in [1.165, 1.54) is 17.5 Å². The molecule has 4 N–H and O–H groups in total. The van der Waals surface area contributed by atoms with Gasteiger partial charge in [0.2, 0.25) is 0 Å². The molecular weight excluding hydrogens is 210 g/mol. The lowest BCUT2D eigenvalue weighted by Gasteiger charge is -2.36. The number of nitrogens with zero attached hydrogens (tertiary/aromatic N) is 1. The van der Waals surface area contributed by atoms with E-state index >= 15 is 0 Å². The topological polar surface area (TPSA) is 64.4 Å². The molecule has 0 saturated carbocycles. The van der Waals surface area contributed by atoms with E-state index in [0.717, 1.165) is 6.42 Å². The molecule has 3 heteroatoms. The number of hydrogen-bond acceptors (Lipinski definition) is 1. The summed E-state index contributed by atoms with van der Waals surface area (Å²) in [5.74, 6) is 0.647. The Hall–Kier alpha value is -1.51. The van der Waals surface area contributed by atoms with Crippen LogP contribution in [-0.2, 0) is 5.41 Å². The van der Waals surface area contributed by atoms with Gasteiger partial charge in [0.15, 0.2) is 5.96 Å². The van der Waals surface area contributed by atoms with Gasteiger partial charge >= 0.3 is 0 Å². The Morgan fingerprint density at radius 3 is 2.76 bits per heavy atom. The van der Waals surface area contributed by atoms with E-state index in [4.69, 9.17) is 11.5 Å². The maximum absolute atomic E-state index is 5.41. The normalized spacial score (nSPS) is 21.6. The van der Waals surface area contributed by atoms with Gasteiger partial charge in [-0.2, -0.15) is 0 Å². The lowest BCUT2D eigenvalue weighted by Crippen LogP contribution is -2.28. The largest absolute Gasteiger partial charge is 0.370 e. The van der Waals surface area contributed by atoms with E-state index in [-0.39, 0.29) is 11.4 Å². The van der Waals surface area contributed by atoms with Crippen LogP contribution >= 0.6 is 0 Å². The number of aliphatic imine (C=N–C) groups is 1. The molecule has 0 aromatic heterocycles. The number of hydrogen-bond donors (Lipinski definition) is 2. The number of benzene rings is 1. The van der Waals surface area contributed by atoms with Gasteiger partial charge in [-0.3, -0.25) is 4.99 Å². The SMILES string of the molecule is CC1(C)CCC(CN=C(N)N)c2ccccc21. The molecule has 0 amide bonds. The highest BCUT2D eigenvalue weighted by Gasteiger charge is 2.31. The van der Waals surface area contributed by atoms with Crippen molar-refractivity contribution in [3.05, 3.63) is 35.4 Å². The third-order valence-electron chi connectivity index (χ3n) is 3.74. The van der Waals surface area contributed by atoms with Crippen LogP contribution in [0, 0.1) is 0 Å². The van der Waals surface area contributed by atoms with Gasteiger partial charge in [0.25, 0.3) is 0 Å². The van der Waals surface area contributed by atoms with Crippen molar-refractivity contribution in [3.8, 4) is 0 Å². The van der Waals surface area contributed by atoms with Crippen LogP contribution in [0.1, 0.15) is 43.7 Å². The molecule has 92 valence electrons. The molecule has 1 atom stereocenters. The van der Waals surface area contributed by atoms with E-state index in [1.807, 2.05) is 0 Å². The molecule has 1 aromatic carbocycles. The molecule has 0 heterocycles. The summed E-state index contributed by atoms with van der Waals surface area (Å²) in [5, 5.41) is 0. The highest BCUT2D eigenvalue weighted by atomic mass is 15.0. The summed E-state index contributed by atoms with van der Waals surface area (Å²) in [4.78, 5) is 4.17. The summed E-state index contributed by atoms with van der Waals surface area (Å²) < 4.78 is 0. The second-order valence-electron chi connectivity index (χ2n) is 5.47. The van der Waals surface area contributed by atoms with Crippen LogP contribution in [0.15, 0.2) is 29.3 Å². The molecule has 1 aliphatic rings. The van der Waals surface area contributed by atoms with E-state index in [0.29, 0.717) is 12.5 Å². The van der Waals surface area contributed by atoms with Crippen LogP contribution in [-0.4, -0.2) is 12.5 Å². The predicted molar refractivity (Wildman–Crippen MR) is 72.1 cm³/mol. The fourth-order valence-corrected chi connectivity index (χ4v) is 2.70. The Labute approximate surface area is 103 Å². The van der Waals surface area contributed by atoms with Gasteiger partial charge in [-0.15, -0.1) is 0 Å². The molecule has 0 radical (unpaired) electrons. The smallest absolute Gasteiger partial charge is 0.185 e. The molecule has 17 heavy (non-hydrogen) atoms. The minimum absolute atomic E-state index is 0.187. The fourth-order valence-electron chi connectivity index (χ4n) is 2.70. The summed E-state index contributed by atoms with van der Waals surface area (Å²) in [6.07, 6.45) is 2.34. The Balaban J connectivity index is 2.32. The van der Waals surface area contributed by atoms with Crippen LogP contribution < -0.4 is 11.5 Å². The van der Waals surface area contributed by atoms with E-state index < -0.39 is 0 Å². The average molecular weight is 231 g/mol. The Morgan fingerprint density at radius 1 is 1.35 bits per heavy atom. The first-order valence-corrected chi connectivity index (χ1v) is 6.15. The van der Waals surface area contributed by atoms with Crippen LogP contribution in [0.25, 0.3) is 0 Å². The van der Waals surface area contributed by atoms with Crippen molar-refractivity contribution >= 4 is 5.96 Å². The summed E-state index contributed by atoms with van der Waals surface area (Å²) in [5.41, 5.74) is 13.9. The summed E-state index contributed by atoms with van der Waals surface area (Å²) in [7, 11) is 0. The molecule has 1 aliphatic carbocycles. The second kappa shape index (κ2) is 4.40. The molecule has 3 nitrogen and oxygen atoms in total. The quantitative estimate of drug-likeness (QED) is 0.605. The molecular formula is C14H21N3. The zero-order valence-corrected chi connectivity index (χ0v) is 10.6. The summed E-state index contributed by atoms with van der Waals surface area (Å²) >= 11 is 0. The van der Waals surface area contributed by atoms with Gasteiger partial charge in [-0.1, -0.05) is 38.1 Å². The van der Waals surface area contributed by atoms with E-state index in [9.17, 15) is 0 Å². The van der Waals surface area contributed by atoms with Crippen molar-refractivity contribution in [1.82, 2.24) is 0 Å². The van der Waals surface area contributed by atoms with Gasteiger partial charge in [0.1, 0.15) is 0 Å². The van der Waals surface area contributed by atoms with Crippen molar-refractivity contribution in [1.29, 1.82) is 0 Å². The third kappa shape index (κ3) is 2.43. The molecule has 2 rings (SSSR count). The molecule has 0 bridgehead atoms. The van der Waals surface area contributed by atoms with Gasteiger partial charge < -0.3 is 11.5 Å². The Morgan fingerprint density at radius 2 is 2.06 bits per heavy atom. The van der Waals surface area contributed by atoms with Gasteiger partial charge in [-0.05, 0) is 29.4 Å². The highest BCUT2D eigenvalue weighted by molar-refractivity contribution is 5.75. The van der Waals surface area contributed by atoms with Gasteiger partial charge in [-0.25, -0.2) is 0 Å². The van der Waals surface area contributed by atoms with Crippen LogP contribution in [0.4, 0.5) is 0 Å². The first-order valence-electron chi connectivity index (χ1n) is 6.15. The number of fused-ring (bicyclic) bond motifs is 1. The molecule has 1 unspecified atom stereocenters. The number of nitrogens with two attached hydrogens (primary N) is 2. The number of guanidine groups is 1. The van der Waals surface area contributed by atoms with Crippen molar-refractivity contribution in [2.24, 2.45) is 16.5 Å². The molecule has 0 saturated heterocycles. The highest BCUT2D eigenvalue weighted by Crippen LogP contribution is 2.42. The second-order valence-corrected chi connectivity index (χ2v) is 5.47. The Kier molecular flexibility index (Phi) is 3.09. The van der Waals surface area contributed by atoms with E-state index in [2.05, 4.69) is 43.1 Å². The fraction of sp³-hybridized carbons (Fsp3) is 0.500. The third-order valence-corrected chi connectivity index (χ3v) is 3.74. The van der Waals surface area contributed by atoms with Crippen LogP contribution in [0.3, 0.4) is 0 Å². The molecule has 0 spiro atoms. The Bertz CT molecular complexity index is 431. The molecule has 0 fully saturated rings. The summed E-state index contributed by atoms with van der Waals surface area (Å²) in [6, 6.07) is 8.66. The lowest BCUT2D eigenvalue weighted by molar-refractivity contribution is 0.395. The molecule has 0 aliphatic heterocycles. The number of rotatable bonds is 2. The monoisotopic (exact) mass is 231 g/mol. The zero-order valence-electron chi connectivity index (χ0n) is 10.6. The minimum Gasteiger partial charge on any atom is -0.370 e. The van der Waals surface area contributed by atoms with Crippen LogP contribution in [0.5, 0.6) is 0 Å².